The fraction of sp³-hybridized carbons (Fsp3) is 0.667. The molecule has 1 aromatic heterocycles. The lowest BCUT2D eigenvalue weighted by atomic mass is 10.1. The van der Waals surface area contributed by atoms with E-state index in [0.717, 1.165) is 6.42 Å². The number of rotatable bonds is 8. The van der Waals surface area contributed by atoms with Crippen molar-refractivity contribution >= 4 is 5.82 Å². The Morgan fingerprint density at radius 1 is 1.39 bits per heavy atom. The molecule has 0 aromatic carbocycles. The summed E-state index contributed by atoms with van der Waals surface area (Å²) in [4.78, 5) is 8.44. The number of ether oxygens (including phenoxy) is 2. The van der Waals surface area contributed by atoms with Gasteiger partial charge in [0.25, 0.3) is 0 Å². The van der Waals surface area contributed by atoms with Crippen LogP contribution in [-0.2, 0) is 11.3 Å². The van der Waals surface area contributed by atoms with Crippen LogP contribution < -0.4 is 16.0 Å². The van der Waals surface area contributed by atoms with Gasteiger partial charge in [-0.25, -0.2) is 10.8 Å². The minimum absolute atomic E-state index is 0.354. The molecule has 6 nitrogen and oxygen atoms in total. The van der Waals surface area contributed by atoms with Gasteiger partial charge in [-0.3, -0.25) is 0 Å². The molecular formula is C12H22N4O2. The fourth-order valence-electron chi connectivity index (χ4n) is 1.28. The number of nitrogen functional groups attached to an aromatic ring is 1. The molecule has 0 aliphatic heterocycles. The van der Waals surface area contributed by atoms with E-state index >= 15 is 0 Å². The van der Waals surface area contributed by atoms with Gasteiger partial charge in [0, 0.05) is 12.7 Å². The number of nitrogens with one attached hydrogen (secondary N) is 1. The second-order valence-corrected chi connectivity index (χ2v) is 4.32. The molecular weight excluding hydrogens is 232 g/mol. The third kappa shape index (κ3) is 5.29. The highest BCUT2D eigenvalue weighted by Crippen LogP contribution is 2.14. The summed E-state index contributed by atoms with van der Waals surface area (Å²) < 4.78 is 10.8. The van der Waals surface area contributed by atoms with Gasteiger partial charge in [-0.05, 0) is 19.3 Å². The van der Waals surface area contributed by atoms with E-state index in [4.69, 9.17) is 15.3 Å². The van der Waals surface area contributed by atoms with Crippen molar-refractivity contribution in [3.05, 3.63) is 11.9 Å². The van der Waals surface area contributed by atoms with Gasteiger partial charge in [0.1, 0.15) is 12.4 Å². The predicted octanol–water partition coefficient (Wildman–Crippen LogP) is 1.72. The van der Waals surface area contributed by atoms with E-state index in [-0.39, 0.29) is 0 Å². The standard InChI is InChI=1S/C12H22N4O2/c1-4-17-8-11-14-10(16-13)7-12(15-11)18-6-5-9(2)3/h7,9H,4-6,8,13H2,1-3H3,(H,14,15,16). The van der Waals surface area contributed by atoms with E-state index in [2.05, 4.69) is 29.2 Å². The number of hydrogen-bond acceptors (Lipinski definition) is 6. The summed E-state index contributed by atoms with van der Waals surface area (Å²) in [5.74, 6) is 7.57. The van der Waals surface area contributed by atoms with Crippen molar-refractivity contribution in [1.29, 1.82) is 0 Å². The number of nitrogens with two attached hydrogens (primary N) is 1. The van der Waals surface area contributed by atoms with Crippen LogP contribution >= 0.6 is 0 Å². The van der Waals surface area contributed by atoms with Crippen LogP contribution in [0.25, 0.3) is 0 Å². The zero-order valence-electron chi connectivity index (χ0n) is 11.3. The molecule has 0 aliphatic carbocycles. The third-order valence-corrected chi connectivity index (χ3v) is 2.28. The molecule has 0 aliphatic rings. The van der Waals surface area contributed by atoms with Crippen LogP contribution in [0.3, 0.4) is 0 Å². The van der Waals surface area contributed by atoms with E-state index in [1.54, 1.807) is 6.07 Å². The van der Waals surface area contributed by atoms with E-state index in [9.17, 15) is 0 Å². The SMILES string of the molecule is CCOCc1nc(NN)cc(OCCC(C)C)n1. The molecule has 0 atom stereocenters. The van der Waals surface area contributed by atoms with Gasteiger partial charge in [-0.1, -0.05) is 13.8 Å². The minimum atomic E-state index is 0.354. The van der Waals surface area contributed by atoms with Gasteiger partial charge >= 0.3 is 0 Å². The molecule has 0 radical (unpaired) electrons. The summed E-state index contributed by atoms with van der Waals surface area (Å²) in [7, 11) is 0. The first-order valence-corrected chi connectivity index (χ1v) is 6.20. The first kappa shape index (κ1) is 14.7. The van der Waals surface area contributed by atoms with Gasteiger partial charge in [0.15, 0.2) is 5.82 Å². The Kier molecular flexibility index (Phi) is 6.38. The predicted molar refractivity (Wildman–Crippen MR) is 70.1 cm³/mol. The molecule has 0 bridgehead atoms. The molecule has 0 saturated heterocycles. The monoisotopic (exact) mass is 254 g/mol. The van der Waals surface area contributed by atoms with E-state index in [1.807, 2.05) is 6.92 Å². The number of anilines is 1. The largest absolute Gasteiger partial charge is 0.478 e. The van der Waals surface area contributed by atoms with Gasteiger partial charge in [-0.15, -0.1) is 0 Å². The average molecular weight is 254 g/mol. The highest BCUT2D eigenvalue weighted by Gasteiger charge is 2.05. The quantitative estimate of drug-likeness (QED) is 0.543. The van der Waals surface area contributed by atoms with Crippen molar-refractivity contribution in [3.8, 4) is 5.88 Å². The van der Waals surface area contributed by atoms with Crippen molar-refractivity contribution in [2.24, 2.45) is 11.8 Å². The lowest BCUT2D eigenvalue weighted by molar-refractivity contribution is 0.127. The number of hydrazine groups is 1. The molecule has 1 heterocycles. The summed E-state index contributed by atoms with van der Waals surface area (Å²) in [6, 6.07) is 1.68. The van der Waals surface area contributed by atoms with Gasteiger partial charge in [0.05, 0.1) is 6.61 Å². The van der Waals surface area contributed by atoms with E-state index in [1.165, 1.54) is 0 Å². The maximum absolute atomic E-state index is 5.58. The lowest BCUT2D eigenvalue weighted by Gasteiger charge is -2.10. The molecule has 3 N–H and O–H groups in total. The van der Waals surface area contributed by atoms with Crippen molar-refractivity contribution in [2.75, 3.05) is 18.6 Å². The zero-order valence-corrected chi connectivity index (χ0v) is 11.3. The number of hydrogen-bond donors (Lipinski definition) is 2. The molecule has 6 heteroatoms. The van der Waals surface area contributed by atoms with Gasteiger partial charge in [0.2, 0.25) is 5.88 Å². The fourth-order valence-corrected chi connectivity index (χ4v) is 1.28. The molecule has 102 valence electrons. The maximum Gasteiger partial charge on any atom is 0.218 e. The Morgan fingerprint density at radius 2 is 2.17 bits per heavy atom. The van der Waals surface area contributed by atoms with Crippen LogP contribution in [-0.4, -0.2) is 23.2 Å². The molecule has 1 rings (SSSR count). The zero-order chi connectivity index (χ0) is 13.4. The highest BCUT2D eigenvalue weighted by molar-refractivity contribution is 5.36. The van der Waals surface area contributed by atoms with Gasteiger partial charge in [-0.2, -0.15) is 4.98 Å². The topological polar surface area (TPSA) is 82.3 Å². The van der Waals surface area contributed by atoms with Crippen molar-refractivity contribution < 1.29 is 9.47 Å². The molecule has 0 amide bonds. The Labute approximate surface area is 108 Å². The second kappa shape index (κ2) is 7.84. The van der Waals surface area contributed by atoms with Crippen LogP contribution in [0.1, 0.15) is 33.0 Å². The van der Waals surface area contributed by atoms with Crippen LogP contribution in [0.4, 0.5) is 5.82 Å². The summed E-state index contributed by atoms with van der Waals surface area (Å²) in [5.41, 5.74) is 2.50. The first-order valence-electron chi connectivity index (χ1n) is 6.20. The summed E-state index contributed by atoms with van der Waals surface area (Å²) >= 11 is 0. The molecule has 0 spiro atoms. The third-order valence-electron chi connectivity index (χ3n) is 2.28. The Morgan fingerprint density at radius 3 is 2.78 bits per heavy atom. The van der Waals surface area contributed by atoms with Gasteiger partial charge < -0.3 is 14.9 Å². The summed E-state index contributed by atoms with van der Waals surface area (Å²) in [6.45, 7) is 7.82. The lowest BCUT2D eigenvalue weighted by Crippen LogP contribution is -2.12. The highest BCUT2D eigenvalue weighted by atomic mass is 16.5. The van der Waals surface area contributed by atoms with Crippen LogP contribution in [0, 0.1) is 5.92 Å². The maximum atomic E-state index is 5.58. The van der Waals surface area contributed by atoms with Crippen molar-refractivity contribution in [1.82, 2.24) is 9.97 Å². The molecule has 1 aromatic rings. The summed E-state index contributed by atoms with van der Waals surface area (Å²) in [5, 5.41) is 0. The van der Waals surface area contributed by atoms with Crippen LogP contribution in [0.15, 0.2) is 6.07 Å². The Hall–Kier alpha value is -1.40. The molecule has 0 saturated carbocycles. The number of nitrogens with zero attached hydrogens (tertiary/aromatic N) is 2. The van der Waals surface area contributed by atoms with Crippen molar-refractivity contribution in [3.63, 3.8) is 0 Å². The normalized spacial score (nSPS) is 10.7. The second-order valence-electron chi connectivity index (χ2n) is 4.32. The van der Waals surface area contributed by atoms with Crippen molar-refractivity contribution in [2.45, 2.75) is 33.8 Å². The number of aromatic nitrogens is 2. The smallest absolute Gasteiger partial charge is 0.218 e. The molecule has 18 heavy (non-hydrogen) atoms. The molecule has 0 unspecified atom stereocenters. The molecule has 0 fully saturated rings. The minimum Gasteiger partial charge on any atom is -0.478 e. The first-order chi connectivity index (χ1) is 8.65. The van der Waals surface area contributed by atoms with E-state index < -0.39 is 0 Å². The van der Waals surface area contributed by atoms with Crippen LogP contribution in [0.2, 0.25) is 0 Å². The van der Waals surface area contributed by atoms with Crippen LogP contribution in [0.5, 0.6) is 5.88 Å². The van der Waals surface area contributed by atoms with E-state index in [0.29, 0.717) is 43.3 Å². The average Bonchev–Trinajstić information content (AvgIpc) is 2.35. The Balaban J connectivity index is 2.64. The Bertz CT molecular complexity index is 358. The summed E-state index contributed by atoms with van der Waals surface area (Å²) in [6.07, 6.45) is 0.982.